The second kappa shape index (κ2) is 5.98. The van der Waals surface area contributed by atoms with Crippen LogP contribution in [0.4, 0.5) is 0 Å². The third kappa shape index (κ3) is 2.78. The monoisotopic (exact) mass is 341 g/mol. The van der Waals surface area contributed by atoms with Crippen LogP contribution in [-0.4, -0.2) is 23.5 Å². The molecule has 0 saturated carbocycles. The zero-order valence-corrected chi connectivity index (χ0v) is 13.5. The van der Waals surface area contributed by atoms with Crippen molar-refractivity contribution in [3.05, 3.63) is 64.6 Å². The molecule has 0 aliphatic rings. The average molecular weight is 341 g/mol. The molecule has 114 valence electrons. The number of fused-ring (bicyclic) bond motifs is 1. The lowest BCUT2D eigenvalue weighted by Crippen LogP contribution is -2.15. The molecule has 23 heavy (non-hydrogen) atoms. The second-order valence-corrected chi connectivity index (χ2v) is 6.33. The SMILES string of the molecule is O=c1[nH]nc(SCc2ccc3nsnc3c2)n1-c1ccccc1. The van der Waals surface area contributed by atoms with Gasteiger partial charge in [0.2, 0.25) is 0 Å². The van der Waals surface area contributed by atoms with Crippen molar-refractivity contribution >= 4 is 34.5 Å². The van der Waals surface area contributed by atoms with Crippen LogP contribution in [0.1, 0.15) is 5.56 Å². The van der Waals surface area contributed by atoms with Crippen LogP contribution in [0, 0.1) is 0 Å². The van der Waals surface area contributed by atoms with E-state index in [2.05, 4.69) is 18.9 Å². The Morgan fingerprint density at radius 1 is 1.09 bits per heavy atom. The Bertz CT molecular complexity index is 1010. The highest BCUT2D eigenvalue weighted by atomic mass is 32.2. The average Bonchev–Trinajstić information content (AvgIpc) is 3.19. The van der Waals surface area contributed by atoms with Crippen LogP contribution in [0.25, 0.3) is 16.7 Å². The molecule has 8 heteroatoms. The van der Waals surface area contributed by atoms with Crippen molar-refractivity contribution in [2.24, 2.45) is 0 Å². The number of H-pyrrole nitrogens is 1. The number of thioether (sulfide) groups is 1. The van der Waals surface area contributed by atoms with Gasteiger partial charge in [-0.15, -0.1) is 5.10 Å². The van der Waals surface area contributed by atoms with Gasteiger partial charge in [0.25, 0.3) is 0 Å². The second-order valence-electron chi connectivity index (χ2n) is 4.86. The molecule has 0 unspecified atom stereocenters. The van der Waals surface area contributed by atoms with Crippen LogP contribution in [0.5, 0.6) is 0 Å². The highest BCUT2D eigenvalue weighted by molar-refractivity contribution is 7.98. The van der Waals surface area contributed by atoms with Gasteiger partial charge >= 0.3 is 5.69 Å². The number of para-hydroxylation sites is 1. The van der Waals surface area contributed by atoms with E-state index in [1.807, 2.05) is 48.5 Å². The van der Waals surface area contributed by atoms with Gasteiger partial charge in [-0.3, -0.25) is 0 Å². The standard InChI is InChI=1S/C15H11N5OS2/c21-14-16-17-15(20(14)11-4-2-1-3-5-11)22-9-10-6-7-12-13(8-10)19-23-18-12/h1-8H,9H2,(H,16,21). The molecule has 0 aliphatic heterocycles. The molecule has 4 rings (SSSR count). The highest BCUT2D eigenvalue weighted by Crippen LogP contribution is 2.23. The van der Waals surface area contributed by atoms with E-state index in [0.29, 0.717) is 10.9 Å². The molecule has 2 heterocycles. The summed E-state index contributed by atoms with van der Waals surface area (Å²) in [6.07, 6.45) is 0. The van der Waals surface area contributed by atoms with Gasteiger partial charge in [-0.25, -0.2) is 14.5 Å². The molecule has 0 radical (unpaired) electrons. The summed E-state index contributed by atoms with van der Waals surface area (Å²) in [5, 5.41) is 7.27. The lowest BCUT2D eigenvalue weighted by atomic mass is 10.2. The van der Waals surface area contributed by atoms with Crippen LogP contribution < -0.4 is 5.69 Å². The number of hydrogen-bond acceptors (Lipinski definition) is 6. The Labute approximate surface area is 139 Å². The van der Waals surface area contributed by atoms with Crippen LogP contribution in [0.2, 0.25) is 0 Å². The van der Waals surface area contributed by atoms with Crippen molar-refractivity contribution in [3.63, 3.8) is 0 Å². The van der Waals surface area contributed by atoms with Gasteiger partial charge in [-0.1, -0.05) is 36.0 Å². The van der Waals surface area contributed by atoms with E-state index >= 15 is 0 Å². The molecule has 0 aliphatic carbocycles. The first-order valence-electron chi connectivity index (χ1n) is 6.88. The molecule has 0 saturated heterocycles. The number of nitrogens with one attached hydrogen (secondary N) is 1. The summed E-state index contributed by atoms with van der Waals surface area (Å²) >= 11 is 2.71. The minimum atomic E-state index is -0.238. The third-order valence-electron chi connectivity index (χ3n) is 3.34. The van der Waals surface area contributed by atoms with Crippen LogP contribution in [0.15, 0.2) is 58.5 Å². The number of hydrogen-bond donors (Lipinski definition) is 1. The van der Waals surface area contributed by atoms with Gasteiger partial charge in [0, 0.05) is 5.75 Å². The first-order valence-corrected chi connectivity index (χ1v) is 8.60. The summed E-state index contributed by atoms with van der Waals surface area (Å²) in [6.45, 7) is 0. The first-order chi connectivity index (χ1) is 11.3. The van der Waals surface area contributed by atoms with E-state index in [1.165, 1.54) is 23.5 Å². The summed E-state index contributed by atoms with van der Waals surface area (Å²) in [5.74, 6) is 0.699. The Morgan fingerprint density at radius 3 is 2.78 bits per heavy atom. The fourth-order valence-electron chi connectivity index (χ4n) is 2.25. The van der Waals surface area contributed by atoms with Crippen molar-refractivity contribution in [3.8, 4) is 5.69 Å². The molecule has 4 aromatic rings. The van der Waals surface area contributed by atoms with Gasteiger partial charge in [-0.2, -0.15) is 8.75 Å². The Kier molecular flexibility index (Phi) is 3.68. The maximum Gasteiger partial charge on any atom is 0.348 e. The predicted octanol–water partition coefficient (Wildman–Crippen LogP) is 2.86. The quantitative estimate of drug-likeness (QED) is 0.578. The number of nitrogens with zero attached hydrogens (tertiary/aromatic N) is 4. The maximum atomic E-state index is 12.0. The normalized spacial score (nSPS) is 11.1. The van der Waals surface area contributed by atoms with E-state index in [9.17, 15) is 4.79 Å². The topological polar surface area (TPSA) is 76.5 Å². The van der Waals surface area contributed by atoms with Crippen molar-refractivity contribution in [1.82, 2.24) is 23.5 Å². The summed E-state index contributed by atoms with van der Waals surface area (Å²) in [5.41, 5.74) is 3.48. The van der Waals surface area contributed by atoms with E-state index < -0.39 is 0 Å². The minimum Gasteiger partial charge on any atom is -0.246 e. The summed E-state index contributed by atoms with van der Waals surface area (Å²) in [7, 11) is 0. The Morgan fingerprint density at radius 2 is 1.91 bits per heavy atom. The van der Waals surface area contributed by atoms with E-state index in [-0.39, 0.29) is 5.69 Å². The van der Waals surface area contributed by atoms with Crippen LogP contribution in [-0.2, 0) is 5.75 Å². The lowest BCUT2D eigenvalue weighted by molar-refractivity contribution is 0.870. The van der Waals surface area contributed by atoms with Gasteiger partial charge in [0.1, 0.15) is 11.0 Å². The lowest BCUT2D eigenvalue weighted by Gasteiger charge is -2.05. The summed E-state index contributed by atoms with van der Waals surface area (Å²) in [6, 6.07) is 15.5. The van der Waals surface area contributed by atoms with Gasteiger partial charge in [0.05, 0.1) is 17.4 Å². The zero-order chi connectivity index (χ0) is 15.6. The minimum absolute atomic E-state index is 0.238. The largest absolute Gasteiger partial charge is 0.348 e. The Hall–Kier alpha value is -2.45. The molecule has 0 fully saturated rings. The Balaban J connectivity index is 1.61. The van der Waals surface area contributed by atoms with Gasteiger partial charge in [-0.05, 0) is 29.8 Å². The van der Waals surface area contributed by atoms with Crippen molar-refractivity contribution in [2.75, 3.05) is 0 Å². The molecule has 0 amide bonds. The van der Waals surface area contributed by atoms with Gasteiger partial charge < -0.3 is 0 Å². The molecule has 1 N–H and O–H groups in total. The molecular weight excluding hydrogens is 330 g/mol. The molecule has 0 atom stereocenters. The summed E-state index contributed by atoms with van der Waals surface area (Å²) in [4.78, 5) is 12.0. The molecule has 6 nitrogen and oxygen atoms in total. The maximum absolute atomic E-state index is 12.0. The van der Waals surface area contributed by atoms with Gasteiger partial charge in [0.15, 0.2) is 5.16 Å². The molecule has 2 aromatic heterocycles. The molecule has 0 bridgehead atoms. The molecule has 0 spiro atoms. The van der Waals surface area contributed by atoms with Crippen molar-refractivity contribution in [2.45, 2.75) is 10.9 Å². The predicted molar refractivity (Wildman–Crippen MR) is 91.2 cm³/mol. The molecular formula is C15H11N5OS2. The van der Waals surface area contributed by atoms with Crippen molar-refractivity contribution < 1.29 is 0 Å². The highest BCUT2D eigenvalue weighted by Gasteiger charge is 2.11. The smallest absolute Gasteiger partial charge is 0.246 e. The number of aromatic nitrogens is 5. The van der Waals surface area contributed by atoms with Crippen LogP contribution >= 0.6 is 23.5 Å². The number of benzene rings is 2. The third-order valence-corrected chi connectivity index (χ3v) is 4.91. The zero-order valence-electron chi connectivity index (χ0n) is 11.8. The fourth-order valence-corrected chi connectivity index (χ4v) is 3.67. The first kappa shape index (κ1) is 14.2. The van der Waals surface area contributed by atoms with Crippen LogP contribution in [0.3, 0.4) is 0 Å². The van der Waals surface area contributed by atoms with E-state index in [1.54, 1.807) is 4.57 Å². The summed E-state index contributed by atoms with van der Waals surface area (Å²) < 4.78 is 10.0. The van der Waals surface area contributed by atoms with E-state index in [0.717, 1.165) is 22.3 Å². The number of aromatic amines is 1. The molecule has 2 aromatic carbocycles. The number of rotatable bonds is 4. The fraction of sp³-hybridized carbons (Fsp3) is 0.0667. The van der Waals surface area contributed by atoms with E-state index in [4.69, 9.17) is 0 Å². The van der Waals surface area contributed by atoms with Crippen molar-refractivity contribution in [1.29, 1.82) is 0 Å².